The highest BCUT2D eigenvalue weighted by Gasteiger charge is 2.35. The maximum Gasteiger partial charge on any atom is 0.329 e. The van der Waals surface area contributed by atoms with Crippen LogP contribution in [-0.4, -0.2) is 75.3 Å². The number of hydrogen-bond acceptors (Lipinski definition) is 10. The van der Waals surface area contributed by atoms with Gasteiger partial charge in [0, 0.05) is 45.0 Å². The van der Waals surface area contributed by atoms with Crippen LogP contribution in [0.1, 0.15) is 29.0 Å². The van der Waals surface area contributed by atoms with Crippen LogP contribution in [0.5, 0.6) is 0 Å². The molecule has 4 heterocycles. The summed E-state index contributed by atoms with van der Waals surface area (Å²) in [5.41, 5.74) is 6.61. The van der Waals surface area contributed by atoms with Crippen LogP contribution < -0.4 is 16.3 Å². The smallest absolute Gasteiger partial charge is 0.329 e. The first-order valence-corrected chi connectivity index (χ1v) is 13.4. The van der Waals surface area contributed by atoms with Gasteiger partial charge in [-0.25, -0.2) is 19.9 Å². The van der Waals surface area contributed by atoms with E-state index >= 15 is 4.39 Å². The second-order valence-corrected chi connectivity index (χ2v) is 9.90. The summed E-state index contributed by atoms with van der Waals surface area (Å²) in [6, 6.07) is 15.0. The van der Waals surface area contributed by atoms with Crippen LogP contribution in [0.25, 0.3) is 22.6 Å². The zero-order valence-corrected chi connectivity index (χ0v) is 22.8. The first kappa shape index (κ1) is 28.1. The lowest BCUT2D eigenvalue weighted by atomic mass is 10.0. The highest BCUT2D eigenvalue weighted by molar-refractivity contribution is 5.94. The van der Waals surface area contributed by atoms with Gasteiger partial charge < -0.3 is 14.6 Å². The average molecular weight is 594 g/mol. The Bertz CT molecular complexity index is 1690. The highest BCUT2D eigenvalue weighted by atomic mass is 19.3. The second-order valence-electron chi connectivity index (χ2n) is 9.90. The Labute approximate surface area is 243 Å². The van der Waals surface area contributed by atoms with Gasteiger partial charge in [-0.15, -0.1) is 5.10 Å². The standard InChI is InChI=1S/C28H26F3N9O3/c1-16(41)33-18-7-8-21-20(15-18)34-26(43-21)19-9-10-32-23(22(19)29)27(42)39-13-11-38(12-14-39)24(17-5-3-2-4-6-17)25-35-37-40(36-25)28(30)31/h2-10,15,24,28,37H,11-14H2,1H3,(H,33,41)(H,35,36). The third kappa shape index (κ3) is 5.72. The molecule has 2 amide bonds. The van der Waals surface area contributed by atoms with Crippen molar-refractivity contribution >= 4 is 34.4 Å². The van der Waals surface area contributed by atoms with Gasteiger partial charge in [0.1, 0.15) is 5.52 Å². The number of alkyl halides is 2. The number of hydrazine groups is 2. The molecule has 1 saturated heterocycles. The van der Waals surface area contributed by atoms with Crippen LogP contribution in [-0.2, 0) is 4.79 Å². The van der Waals surface area contributed by atoms with Gasteiger partial charge in [0.25, 0.3) is 5.91 Å². The molecule has 1 unspecified atom stereocenters. The predicted molar refractivity (Wildman–Crippen MR) is 150 cm³/mol. The van der Waals surface area contributed by atoms with Gasteiger partial charge >= 0.3 is 6.55 Å². The molecule has 0 saturated carbocycles. The number of hydrogen-bond donors (Lipinski definition) is 3. The number of carbonyl (C=O) groups is 2. The molecule has 4 aromatic rings. The number of benzene rings is 2. The van der Waals surface area contributed by atoms with Gasteiger partial charge in [-0.05, 0) is 29.8 Å². The molecule has 6 rings (SSSR count). The molecule has 1 fully saturated rings. The minimum Gasteiger partial charge on any atom is -0.436 e. The molecular weight excluding hydrogens is 567 g/mol. The summed E-state index contributed by atoms with van der Waals surface area (Å²) in [5.74, 6) is -1.46. The first-order chi connectivity index (χ1) is 20.8. The Morgan fingerprint density at radius 3 is 2.51 bits per heavy atom. The van der Waals surface area contributed by atoms with E-state index in [1.54, 1.807) is 18.2 Å². The molecular formula is C28H26F3N9O3. The van der Waals surface area contributed by atoms with E-state index in [4.69, 9.17) is 4.42 Å². The fourth-order valence-electron chi connectivity index (χ4n) is 5.09. The van der Waals surface area contributed by atoms with Crippen molar-refractivity contribution in [1.82, 2.24) is 35.8 Å². The summed E-state index contributed by atoms with van der Waals surface area (Å²) in [7, 11) is 0. The fourth-order valence-corrected chi connectivity index (χ4v) is 5.09. The third-order valence-corrected chi connectivity index (χ3v) is 7.08. The summed E-state index contributed by atoms with van der Waals surface area (Å²) in [5, 5.41) is 7.22. The Morgan fingerprint density at radius 1 is 1.05 bits per heavy atom. The molecule has 0 bridgehead atoms. The number of rotatable bonds is 7. The highest BCUT2D eigenvalue weighted by Crippen LogP contribution is 2.30. The molecule has 0 spiro atoms. The number of anilines is 1. The lowest BCUT2D eigenvalue weighted by molar-refractivity contribution is -0.114. The van der Waals surface area contributed by atoms with E-state index in [1.165, 1.54) is 24.1 Å². The van der Waals surface area contributed by atoms with Gasteiger partial charge in [-0.1, -0.05) is 35.4 Å². The van der Waals surface area contributed by atoms with Gasteiger partial charge in [0.15, 0.2) is 22.9 Å². The van der Waals surface area contributed by atoms with Crippen LogP contribution in [0.2, 0.25) is 0 Å². The minimum atomic E-state index is -2.82. The molecule has 0 aliphatic carbocycles. The summed E-state index contributed by atoms with van der Waals surface area (Å²) in [4.78, 5) is 36.7. The van der Waals surface area contributed by atoms with Crippen LogP contribution in [0.3, 0.4) is 0 Å². The number of piperazine rings is 1. The Hall–Kier alpha value is -5.02. The molecule has 0 radical (unpaired) electrons. The maximum atomic E-state index is 15.7. The monoisotopic (exact) mass is 593 g/mol. The topological polar surface area (TPSA) is 131 Å². The lowest BCUT2D eigenvalue weighted by Gasteiger charge is -2.39. The molecule has 3 N–H and O–H groups in total. The number of amidine groups is 1. The summed E-state index contributed by atoms with van der Waals surface area (Å²) >= 11 is 0. The van der Waals surface area contributed by atoms with E-state index in [2.05, 4.69) is 31.3 Å². The van der Waals surface area contributed by atoms with E-state index in [9.17, 15) is 18.4 Å². The average Bonchev–Trinajstić information content (AvgIpc) is 3.65. The van der Waals surface area contributed by atoms with E-state index < -0.39 is 24.3 Å². The van der Waals surface area contributed by atoms with Crippen molar-refractivity contribution in [2.75, 3.05) is 31.5 Å². The maximum absolute atomic E-state index is 15.7. The fraction of sp³-hybridized carbons (Fsp3) is 0.250. The van der Waals surface area contributed by atoms with Crippen molar-refractivity contribution in [3.63, 3.8) is 0 Å². The van der Waals surface area contributed by atoms with E-state index in [0.717, 1.165) is 5.56 Å². The molecule has 1 atom stereocenters. The number of pyridine rings is 1. The van der Waals surface area contributed by atoms with Crippen LogP contribution in [0, 0.1) is 5.82 Å². The molecule has 2 aliphatic heterocycles. The normalized spacial score (nSPS) is 16.6. The molecule has 12 nitrogen and oxygen atoms in total. The summed E-state index contributed by atoms with van der Waals surface area (Å²) < 4.78 is 47.9. The van der Waals surface area contributed by atoms with E-state index in [0.29, 0.717) is 35.0 Å². The SMILES string of the molecule is CC(=O)Nc1ccc2oc(-c3ccnc(C(=O)N4CCN(C(C5=NNN(C(F)F)N5)c5ccccc5)CC4)c3F)nc2c1. The van der Waals surface area contributed by atoms with Gasteiger partial charge in [-0.2, -0.15) is 8.78 Å². The zero-order chi connectivity index (χ0) is 30.1. The van der Waals surface area contributed by atoms with Crippen molar-refractivity contribution < 1.29 is 27.2 Å². The minimum absolute atomic E-state index is 0.0280. The zero-order valence-electron chi connectivity index (χ0n) is 22.8. The summed E-state index contributed by atoms with van der Waals surface area (Å²) in [6.45, 7) is -0.231. The Morgan fingerprint density at radius 2 is 1.81 bits per heavy atom. The number of amides is 2. The van der Waals surface area contributed by atoms with Crippen LogP contribution >= 0.6 is 0 Å². The second kappa shape index (κ2) is 11.7. The van der Waals surface area contributed by atoms with E-state index in [1.807, 2.05) is 35.2 Å². The quantitative estimate of drug-likeness (QED) is 0.276. The third-order valence-electron chi connectivity index (χ3n) is 7.08. The molecule has 43 heavy (non-hydrogen) atoms. The first-order valence-electron chi connectivity index (χ1n) is 13.4. The number of nitrogens with zero attached hydrogens (tertiary/aromatic N) is 6. The number of nitrogens with one attached hydrogen (secondary N) is 3. The number of oxazole rings is 1. The molecule has 2 aromatic heterocycles. The van der Waals surface area contributed by atoms with Crippen LogP contribution in [0.15, 0.2) is 70.3 Å². The number of hydrazone groups is 1. The van der Waals surface area contributed by atoms with Gasteiger partial charge in [0.05, 0.1) is 11.6 Å². The van der Waals surface area contributed by atoms with Gasteiger partial charge in [0.2, 0.25) is 11.8 Å². The predicted octanol–water partition coefficient (Wildman–Crippen LogP) is 3.35. The van der Waals surface area contributed by atoms with Crippen molar-refractivity contribution in [1.29, 1.82) is 0 Å². The molecule has 2 aliphatic rings. The van der Waals surface area contributed by atoms with Crippen molar-refractivity contribution in [2.24, 2.45) is 5.10 Å². The number of aromatic nitrogens is 2. The number of carbonyl (C=O) groups excluding carboxylic acids is 2. The number of halogens is 3. The van der Waals surface area contributed by atoms with Gasteiger partial charge in [-0.3, -0.25) is 19.9 Å². The molecule has 2 aromatic carbocycles. The largest absolute Gasteiger partial charge is 0.436 e. The number of fused-ring (bicyclic) bond motifs is 1. The van der Waals surface area contributed by atoms with Crippen LogP contribution in [0.4, 0.5) is 18.9 Å². The van der Waals surface area contributed by atoms with Crippen molar-refractivity contribution in [3.8, 4) is 11.5 Å². The Kier molecular flexibility index (Phi) is 7.65. The van der Waals surface area contributed by atoms with Crippen molar-refractivity contribution in [2.45, 2.75) is 19.5 Å². The Balaban J connectivity index is 1.19. The molecule has 15 heteroatoms. The van der Waals surface area contributed by atoms with E-state index in [-0.39, 0.29) is 42.0 Å². The van der Waals surface area contributed by atoms with Crippen molar-refractivity contribution in [3.05, 3.63) is 77.9 Å². The lowest BCUT2D eigenvalue weighted by Crippen LogP contribution is -2.53. The molecule has 222 valence electrons. The summed E-state index contributed by atoms with van der Waals surface area (Å²) in [6.07, 6.45) is 1.32.